The number of carboxylic acid groups (broad SMARTS) is 2. The molecule has 0 aliphatic heterocycles. The first-order chi connectivity index (χ1) is 11.5. The number of nitrogens with one attached hydrogen (secondary N) is 1. The van der Waals surface area contributed by atoms with E-state index in [1.807, 2.05) is 0 Å². The molecular weight excluding hydrogens is 310 g/mol. The van der Waals surface area contributed by atoms with E-state index in [-0.39, 0.29) is 5.56 Å². The van der Waals surface area contributed by atoms with Crippen LogP contribution in [0.1, 0.15) is 55.8 Å². The largest absolute Gasteiger partial charge is 0.549 e. The van der Waals surface area contributed by atoms with Gasteiger partial charge in [-0.1, -0.05) is 39.0 Å². The lowest BCUT2D eigenvalue weighted by molar-refractivity contribution is -0.328. The third kappa shape index (κ3) is 6.40. The van der Waals surface area contributed by atoms with Crippen molar-refractivity contribution in [2.75, 3.05) is 11.9 Å². The van der Waals surface area contributed by atoms with Crippen LogP contribution in [0, 0.1) is 5.92 Å². The van der Waals surface area contributed by atoms with Crippen molar-refractivity contribution in [3.8, 4) is 0 Å². The number of Topliss-reactive ketones (excluding diaryl/α,β-unsaturated/α-hetero) is 1. The van der Waals surface area contributed by atoms with Crippen molar-refractivity contribution in [1.29, 1.82) is 0 Å². The van der Waals surface area contributed by atoms with Crippen molar-refractivity contribution >= 4 is 23.4 Å². The third-order valence-corrected chi connectivity index (χ3v) is 3.76. The predicted molar refractivity (Wildman–Crippen MR) is 86.1 cm³/mol. The molecule has 0 aliphatic rings. The number of benzene rings is 1. The highest BCUT2D eigenvalue weighted by Crippen LogP contribution is 2.14. The summed E-state index contributed by atoms with van der Waals surface area (Å²) in [6.07, 6.45) is 7.16. The number of carbonyl (C=O) groups is 3. The fourth-order valence-corrected chi connectivity index (χ4v) is 2.37. The second-order valence-corrected chi connectivity index (χ2v) is 5.71. The van der Waals surface area contributed by atoms with Crippen LogP contribution in [0.25, 0.3) is 0 Å². The molecule has 0 fully saturated rings. The van der Waals surface area contributed by atoms with Crippen molar-refractivity contribution in [1.82, 2.24) is 0 Å². The molecule has 0 bridgehead atoms. The van der Waals surface area contributed by atoms with E-state index in [0.29, 0.717) is 0 Å². The second-order valence-electron chi connectivity index (χ2n) is 5.71. The molecule has 0 atom stereocenters. The van der Waals surface area contributed by atoms with Crippen LogP contribution in [-0.2, 0) is 9.59 Å². The number of hydrogen-bond acceptors (Lipinski definition) is 6. The molecule has 0 saturated carbocycles. The number of carbonyl (C=O) groups excluding carboxylic acids is 3. The summed E-state index contributed by atoms with van der Waals surface area (Å²) in [5, 5.41) is 24.7. The summed E-state index contributed by atoms with van der Waals surface area (Å²) in [6, 6.07) is 6.02. The minimum Gasteiger partial charge on any atom is -0.549 e. The molecule has 0 radical (unpaired) electrons. The molecule has 1 rings (SSSR count). The number of anilines is 1. The minimum atomic E-state index is -2.29. The average Bonchev–Trinajstić information content (AvgIpc) is 2.54. The number of carboxylic acids is 2. The highest BCUT2D eigenvalue weighted by atomic mass is 16.4. The number of ketones is 1. The lowest BCUT2D eigenvalue weighted by atomic mass is 9.97. The summed E-state index contributed by atoms with van der Waals surface area (Å²) in [5.41, 5.74) is 0.789. The van der Waals surface area contributed by atoms with Gasteiger partial charge in [-0.05, 0) is 30.7 Å². The first-order valence-corrected chi connectivity index (χ1v) is 8.27. The normalized spacial score (nSPS) is 10.6. The van der Waals surface area contributed by atoms with E-state index in [1.54, 1.807) is 12.1 Å². The Morgan fingerprint density at radius 2 is 1.46 bits per heavy atom. The third-order valence-electron chi connectivity index (χ3n) is 3.76. The Kier molecular flexibility index (Phi) is 8.54. The molecule has 0 amide bonds. The minimum absolute atomic E-state index is 0.00137. The average molecular weight is 333 g/mol. The monoisotopic (exact) mass is 333 g/mol. The van der Waals surface area contributed by atoms with Gasteiger partial charge in [0.1, 0.15) is 5.92 Å². The number of aliphatic carboxylic acids is 2. The van der Waals surface area contributed by atoms with Crippen LogP contribution in [-0.4, -0.2) is 24.3 Å². The Morgan fingerprint density at radius 3 is 2.00 bits per heavy atom. The summed E-state index contributed by atoms with van der Waals surface area (Å²) >= 11 is 0. The smallest absolute Gasteiger partial charge is 0.177 e. The molecule has 6 nitrogen and oxygen atoms in total. The van der Waals surface area contributed by atoms with Gasteiger partial charge in [0.2, 0.25) is 0 Å². The summed E-state index contributed by atoms with van der Waals surface area (Å²) in [5.74, 6) is -7.26. The Labute approximate surface area is 141 Å². The molecule has 132 valence electrons. The first-order valence-electron chi connectivity index (χ1n) is 8.27. The lowest BCUT2D eigenvalue weighted by Gasteiger charge is -2.17. The van der Waals surface area contributed by atoms with Gasteiger partial charge in [0.15, 0.2) is 5.78 Å². The Morgan fingerprint density at radius 1 is 0.917 bits per heavy atom. The Bertz CT molecular complexity index is 539. The standard InChI is InChI=1S/C18H25NO5/c1-2-3-4-5-6-7-12-19-14-10-8-13(9-11-14)16(20)15(17(21)22)18(23)24/h8-11,15,19H,2-7,12H2,1H3,(H,21,22)(H,23,24)/p-2. The molecule has 1 aromatic carbocycles. The number of unbranched alkanes of at least 4 members (excludes halogenated alkanes) is 5. The van der Waals surface area contributed by atoms with E-state index in [0.717, 1.165) is 25.1 Å². The Balaban J connectivity index is 2.46. The highest BCUT2D eigenvalue weighted by molar-refractivity contribution is 6.19. The van der Waals surface area contributed by atoms with Crippen molar-refractivity contribution in [2.45, 2.75) is 45.4 Å². The highest BCUT2D eigenvalue weighted by Gasteiger charge is 2.22. The van der Waals surface area contributed by atoms with Gasteiger partial charge < -0.3 is 25.1 Å². The van der Waals surface area contributed by atoms with E-state index in [1.165, 1.54) is 37.8 Å². The summed E-state index contributed by atoms with van der Waals surface area (Å²) in [4.78, 5) is 33.3. The van der Waals surface area contributed by atoms with Crippen LogP contribution >= 0.6 is 0 Å². The van der Waals surface area contributed by atoms with E-state index in [9.17, 15) is 24.6 Å². The topological polar surface area (TPSA) is 109 Å². The van der Waals surface area contributed by atoms with Gasteiger partial charge in [0.05, 0.1) is 11.9 Å². The van der Waals surface area contributed by atoms with Gasteiger partial charge in [0.25, 0.3) is 0 Å². The molecular formula is C18H23NO5-2. The zero-order valence-electron chi connectivity index (χ0n) is 13.9. The first kappa shape index (κ1) is 19.7. The molecule has 0 spiro atoms. The summed E-state index contributed by atoms with van der Waals surface area (Å²) in [6.45, 7) is 2.98. The maximum absolute atomic E-state index is 11.9. The second kappa shape index (κ2) is 10.4. The van der Waals surface area contributed by atoms with Gasteiger partial charge in [-0.15, -0.1) is 0 Å². The van der Waals surface area contributed by atoms with Gasteiger partial charge in [-0.25, -0.2) is 0 Å². The predicted octanol–water partition coefficient (Wildman–Crippen LogP) is 0.758. The van der Waals surface area contributed by atoms with Crippen molar-refractivity contribution in [2.24, 2.45) is 5.92 Å². The van der Waals surface area contributed by atoms with Gasteiger partial charge in [-0.3, -0.25) is 4.79 Å². The maximum atomic E-state index is 11.9. The van der Waals surface area contributed by atoms with Crippen LogP contribution in [0.5, 0.6) is 0 Å². The van der Waals surface area contributed by atoms with Crippen molar-refractivity contribution in [3.63, 3.8) is 0 Å². The lowest BCUT2D eigenvalue weighted by Crippen LogP contribution is -2.47. The molecule has 0 aliphatic carbocycles. The molecule has 1 aromatic rings. The zero-order chi connectivity index (χ0) is 17.9. The van der Waals surface area contributed by atoms with E-state index >= 15 is 0 Å². The van der Waals surface area contributed by atoms with Gasteiger partial charge >= 0.3 is 0 Å². The molecule has 6 heteroatoms. The van der Waals surface area contributed by atoms with Crippen molar-refractivity contribution in [3.05, 3.63) is 29.8 Å². The fourth-order valence-electron chi connectivity index (χ4n) is 2.37. The van der Waals surface area contributed by atoms with Crippen LogP contribution in [0.3, 0.4) is 0 Å². The molecule has 0 saturated heterocycles. The van der Waals surface area contributed by atoms with E-state index < -0.39 is 23.6 Å². The SMILES string of the molecule is CCCCCCCCNc1ccc(C(=O)C(C(=O)[O-])C(=O)[O-])cc1. The fraction of sp³-hybridized carbons (Fsp3) is 0.500. The van der Waals surface area contributed by atoms with Crippen LogP contribution in [0.2, 0.25) is 0 Å². The molecule has 24 heavy (non-hydrogen) atoms. The maximum Gasteiger partial charge on any atom is 0.177 e. The molecule has 1 N–H and O–H groups in total. The summed E-state index contributed by atoms with van der Waals surface area (Å²) in [7, 11) is 0. The van der Waals surface area contributed by atoms with Crippen LogP contribution in [0.15, 0.2) is 24.3 Å². The van der Waals surface area contributed by atoms with E-state index in [4.69, 9.17) is 0 Å². The quantitative estimate of drug-likeness (QED) is 0.343. The molecule has 0 aromatic heterocycles. The summed E-state index contributed by atoms with van der Waals surface area (Å²) < 4.78 is 0. The van der Waals surface area contributed by atoms with Crippen LogP contribution < -0.4 is 15.5 Å². The number of hydrogen-bond donors (Lipinski definition) is 1. The zero-order valence-corrected chi connectivity index (χ0v) is 13.9. The molecule has 0 heterocycles. The van der Waals surface area contributed by atoms with Gasteiger partial charge in [-0.2, -0.15) is 0 Å². The van der Waals surface area contributed by atoms with Crippen LogP contribution in [0.4, 0.5) is 5.69 Å². The van der Waals surface area contributed by atoms with E-state index in [2.05, 4.69) is 12.2 Å². The Hall–Kier alpha value is -2.37. The van der Waals surface area contributed by atoms with Gasteiger partial charge in [0, 0.05) is 17.8 Å². The number of rotatable bonds is 12. The van der Waals surface area contributed by atoms with Crippen molar-refractivity contribution < 1.29 is 24.6 Å². The molecule has 0 unspecified atom stereocenters.